The zero-order chi connectivity index (χ0) is 14.4. The van der Waals surface area contributed by atoms with Crippen LogP contribution in [0.3, 0.4) is 0 Å². The van der Waals surface area contributed by atoms with Crippen molar-refractivity contribution in [3.63, 3.8) is 0 Å². The molecular weight excluding hydrogens is 395 g/mol. The van der Waals surface area contributed by atoms with Gasteiger partial charge in [0.25, 0.3) is 0 Å². The number of aromatic nitrogens is 1. The van der Waals surface area contributed by atoms with E-state index in [-0.39, 0.29) is 29.9 Å². The average molecular weight is 416 g/mol. The molecule has 0 saturated heterocycles. The first-order valence-corrected chi connectivity index (χ1v) is 7.62. The van der Waals surface area contributed by atoms with E-state index in [9.17, 15) is 0 Å². The Labute approximate surface area is 146 Å². The van der Waals surface area contributed by atoms with Crippen LogP contribution in [0.5, 0.6) is 0 Å². The van der Waals surface area contributed by atoms with Crippen molar-refractivity contribution in [1.82, 2.24) is 4.98 Å². The molecule has 0 spiro atoms. The summed E-state index contributed by atoms with van der Waals surface area (Å²) in [5, 5.41) is 6.20. The van der Waals surface area contributed by atoms with Crippen molar-refractivity contribution < 1.29 is 0 Å². The van der Waals surface area contributed by atoms with Crippen LogP contribution >= 0.6 is 35.3 Å². The Balaban J connectivity index is 0.00000220. The normalized spacial score (nSPS) is 12.6. The fourth-order valence-electron chi connectivity index (χ4n) is 1.85. The van der Waals surface area contributed by atoms with Crippen LogP contribution in [0, 0.1) is 0 Å². The fraction of sp³-hybridized carbons (Fsp3) is 0.333. The predicted octanol–water partition coefficient (Wildman–Crippen LogP) is 3.85. The summed E-state index contributed by atoms with van der Waals surface area (Å²) in [7, 11) is 0. The number of hydrogen-bond acceptors (Lipinski definition) is 3. The molecule has 1 aromatic carbocycles. The van der Waals surface area contributed by atoms with Crippen LogP contribution in [0.25, 0.3) is 0 Å². The molecule has 114 valence electrons. The van der Waals surface area contributed by atoms with Crippen molar-refractivity contribution >= 4 is 47.0 Å². The largest absolute Gasteiger partial charge is 0.370 e. The van der Waals surface area contributed by atoms with E-state index in [2.05, 4.69) is 41.3 Å². The highest BCUT2D eigenvalue weighted by Crippen LogP contribution is 2.17. The standard InChI is InChI=1S/C15H20N4S.HI/c1-3-12-5-4-6-13(9-12)19-15(16)18-10-11(2)14-17-7-8-20-14;/h4-9,11H,3,10H2,1-2H3,(H3,16,18,19);1H. The van der Waals surface area contributed by atoms with Gasteiger partial charge in [0, 0.05) is 23.2 Å². The summed E-state index contributed by atoms with van der Waals surface area (Å²) in [6.45, 7) is 4.87. The summed E-state index contributed by atoms with van der Waals surface area (Å²) in [6.07, 6.45) is 2.83. The van der Waals surface area contributed by atoms with E-state index in [4.69, 9.17) is 5.73 Å². The van der Waals surface area contributed by atoms with E-state index in [1.807, 2.05) is 23.7 Å². The van der Waals surface area contributed by atoms with Crippen molar-refractivity contribution in [2.45, 2.75) is 26.2 Å². The molecule has 1 heterocycles. The molecule has 3 N–H and O–H groups in total. The maximum Gasteiger partial charge on any atom is 0.193 e. The maximum absolute atomic E-state index is 5.92. The van der Waals surface area contributed by atoms with Crippen LogP contribution in [0.4, 0.5) is 5.69 Å². The van der Waals surface area contributed by atoms with Gasteiger partial charge in [-0.15, -0.1) is 35.3 Å². The van der Waals surface area contributed by atoms with Gasteiger partial charge in [-0.25, -0.2) is 4.98 Å². The zero-order valence-corrected chi connectivity index (χ0v) is 15.4. The van der Waals surface area contributed by atoms with Gasteiger partial charge < -0.3 is 11.1 Å². The number of benzene rings is 1. The number of nitrogens with one attached hydrogen (secondary N) is 1. The molecule has 2 rings (SSSR count). The highest BCUT2D eigenvalue weighted by molar-refractivity contribution is 14.0. The molecule has 0 amide bonds. The number of thiazole rings is 1. The van der Waals surface area contributed by atoms with Crippen molar-refractivity contribution in [3.05, 3.63) is 46.4 Å². The molecule has 1 aromatic heterocycles. The van der Waals surface area contributed by atoms with E-state index >= 15 is 0 Å². The highest BCUT2D eigenvalue weighted by Gasteiger charge is 2.07. The third-order valence-corrected chi connectivity index (χ3v) is 4.02. The van der Waals surface area contributed by atoms with Crippen LogP contribution in [0.2, 0.25) is 0 Å². The highest BCUT2D eigenvalue weighted by atomic mass is 127. The number of rotatable bonds is 5. The summed E-state index contributed by atoms with van der Waals surface area (Å²) in [5.74, 6) is 0.735. The van der Waals surface area contributed by atoms with Gasteiger partial charge in [-0.1, -0.05) is 26.0 Å². The topological polar surface area (TPSA) is 63.3 Å². The Hall–Kier alpha value is -1.15. The van der Waals surface area contributed by atoms with Crippen LogP contribution in [0.15, 0.2) is 40.8 Å². The summed E-state index contributed by atoms with van der Waals surface area (Å²) in [4.78, 5) is 8.67. The molecule has 0 saturated carbocycles. The second-order valence-electron chi connectivity index (χ2n) is 4.68. The second kappa shape index (κ2) is 8.99. The zero-order valence-electron chi connectivity index (χ0n) is 12.2. The Morgan fingerprint density at radius 1 is 1.48 bits per heavy atom. The molecular formula is C15H21IN4S. The molecule has 1 unspecified atom stereocenters. The van der Waals surface area contributed by atoms with Crippen LogP contribution in [-0.4, -0.2) is 17.5 Å². The molecule has 2 aromatic rings. The number of guanidine groups is 1. The van der Waals surface area contributed by atoms with Gasteiger partial charge in [0.1, 0.15) is 0 Å². The molecule has 0 aliphatic rings. The van der Waals surface area contributed by atoms with E-state index in [1.54, 1.807) is 11.3 Å². The fourth-order valence-corrected chi connectivity index (χ4v) is 2.54. The van der Waals surface area contributed by atoms with E-state index < -0.39 is 0 Å². The number of halogens is 1. The Kier molecular flexibility index (Phi) is 7.66. The number of nitrogens with two attached hydrogens (primary N) is 1. The van der Waals surface area contributed by atoms with Gasteiger partial charge in [-0.3, -0.25) is 4.99 Å². The van der Waals surface area contributed by atoms with Gasteiger partial charge in [-0.05, 0) is 24.1 Å². The lowest BCUT2D eigenvalue weighted by atomic mass is 10.1. The smallest absolute Gasteiger partial charge is 0.193 e. The quantitative estimate of drug-likeness (QED) is 0.442. The third kappa shape index (κ3) is 5.62. The predicted molar refractivity (Wildman–Crippen MR) is 102 cm³/mol. The van der Waals surface area contributed by atoms with E-state index in [0.29, 0.717) is 12.5 Å². The Bertz CT molecular complexity index is 569. The number of aliphatic imine (C=N–C) groups is 1. The molecule has 0 fully saturated rings. The number of aryl methyl sites for hydroxylation is 1. The minimum atomic E-state index is 0. The average Bonchev–Trinajstić information content (AvgIpc) is 2.99. The number of nitrogens with zero attached hydrogens (tertiary/aromatic N) is 2. The van der Waals surface area contributed by atoms with Crippen molar-refractivity contribution in [1.29, 1.82) is 0 Å². The molecule has 0 bridgehead atoms. The lowest BCUT2D eigenvalue weighted by Gasteiger charge is -2.09. The summed E-state index contributed by atoms with van der Waals surface area (Å²) >= 11 is 1.65. The molecule has 0 aliphatic heterocycles. The van der Waals surface area contributed by atoms with Gasteiger partial charge >= 0.3 is 0 Å². The molecule has 1 atom stereocenters. The third-order valence-electron chi connectivity index (χ3n) is 3.02. The Morgan fingerprint density at radius 3 is 2.95 bits per heavy atom. The number of anilines is 1. The van der Waals surface area contributed by atoms with E-state index in [1.165, 1.54) is 5.56 Å². The van der Waals surface area contributed by atoms with Crippen molar-refractivity contribution in [2.24, 2.45) is 10.7 Å². The van der Waals surface area contributed by atoms with Crippen LogP contribution in [-0.2, 0) is 6.42 Å². The first-order valence-electron chi connectivity index (χ1n) is 6.74. The summed E-state index contributed by atoms with van der Waals surface area (Å²) < 4.78 is 0. The van der Waals surface area contributed by atoms with E-state index in [0.717, 1.165) is 17.1 Å². The molecule has 0 radical (unpaired) electrons. The molecule has 0 aliphatic carbocycles. The Morgan fingerprint density at radius 2 is 2.29 bits per heavy atom. The minimum Gasteiger partial charge on any atom is -0.370 e. The van der Waals surface area contributed by atoms with Gasteiger partial charge in [0.05, 0.1) is 11.6 Å². The van der Waals surface area contributed by atoms with Crippen molar-refractivity contribution in [2.75, 3.05) is 11.9 Å². The molecule has 6 heteroatoms. The first-order chi connectivity index (χ1) is 9.69. The lowest BCUT2D eigenvalue weighted by Crippen LogP contribution is -2.23. The SMILES string of the molecule is CCc1cccc(NC(N)=NCC(C)c2nccs2)c1.I. The van der Waals surface area contributed by atoms with Gasteiger partial charge in [0.2, 0.25) is 0 Å². The van der Waals surface area contributed by atoms with Crippen LogP contribution < -0.4 is 11.1 Å². The van der Waals surface area contributed by atoms with Gasteiger partial charge in [-0.2, -0.15) is 0 Å². The maximum atomic E-state index is 5.92. The molecule has 21 heavy (non-hydrogen) atoms. The lowest BCUT2D eigenvalue weighted by molar-refractivity contribution is 0.766. The van der Waals surface area contributed by atoms with Crippen LogP contribution in [0.1, 0.15) is 30.3 Å². The summed E-state index contributed by atoms with van der Waals surface area (Å²) in [5.41, 5.74) is 8.18. The second-order valence-corrected chi connectivity index (χ2v) is 5.60. The number of hydrogen-bond donors (Lipinski definition) is 2. The van der Waals surface area contributed by atoms with Gasteiger partial charge in [0.15, 0.2) is 5.96 Å². The van der Waals surface area contributed by atoms with Crippen molar-refractivity contribution in [3.8, 4) is 0 Å². The summed E-state index contributed by atoms with van der Waals surface area (Å²) in [6, 6.07) is 8.20. The minimum absolute atomic E-state index is 0. The monoisotopic (exact) mass is 416 g/mol. The molecule has 4 nitrogen and oxygen atoms in total. The first kappa shape index (κ1) is 17.9.